The summed E-state index contributed by atoms with van der Waals surface area (Å²) in [5.41, 5.74) is 1.24. The summed E-state index contributed by atoms with van der Waals surface area (Å²) in [6, 6.07) is 6.63. The van der Waals surface area contributed by atoms with Crippen LogP contribution in [-0.2, 0) is 9.59 Å². The van der Waals surface area contributed by atoms with Crippen molar-refractivity contribution in [2.45, 2.75) is 26.2 Å². The zero-order valence-corrected chi connectivity index (χ0v) is 14.3. The molecule has 0 radical (unpaired) electrons. The molecule has 1 aromatic carbocycles. The summed E-state index contributed by atoms with van der Waals surface area (Å²) in [5.74, 6) is -0.219. The number of allylic oxidation sites excluding steroid dienone is 2. The van der Waals surface area contributed by atoms with Gasteiger partial charge in [0.1, 0.15) is 0 Å². The van der Waals surface area contributed by atoms with Crippen LogP contribution >= 0.6 is 0 Å². The second-order valence-corrected chi connectivity index (χ2v) is 5.82. The van der Waals surface area contributed by atoms with Crippen molar-refractivity contribution in [3.63, 3.8) is 0 Å². The number of imide groups is 1. The molecule has 0 saturated heterocycles. The lowest BCUT2D eigenvalue weighted by Gasteiger charge is -2.14. The Hall–Kier alpha value is -2.83. The Balaban J connectivity index is 1.86. The molecule has 4 amide bonds. The number of rotatable bonds is 7. The van der Waals surface area contributed by atoms with Crippen LogP contribution < -0.4 is 21.3 Å². The lowest BCUT2D eigenvalue weighted by molar-refractivity contribution is -0.118. The van der Waals surface area contributed by atoms with Crippen molar-refractivity contribution in [2.75, 3.05) is 23.7 Å². The molecule has 4 N–H and O–H groups in total. The average molecular weight is 344 g/mol. The second kappa shape index (κ2) is 9.46. The average Bonchev–Trinajstić information content (AvgIpc) is 3.07. The van der Waals surface area contributed by atoms with E-state index in [2.05, 4.69) is 33.4 Å². The Morgan fingerprint density at radius 3 is 2.56 bits per heavy atom. The fourth-order valence-corrected chi connectivity index (χ4v) is 2.60. The summed E-state index contributed by atoms with van der Waals surface area (Å²) in [4.78, 5) is 35.2. The van der Waals surface area contributed by atoms with Gasteiger partial charge >= 0.3 is 6.03 Å². The largest absolute Gasteiger partial charge is 0.374 e. The lowest BCUT2D eigenvalue weighted by atomic mass is 10.0. The number of anilines is 2. The maximum absolute atomic E-state index is 12.2. The van der Waals surface area contributed by atoms with Crippen LogP contribution in [0.2, 0.25) is 0 Å². The minimum Gasteiger partial charge on any atom is -0.374 e. The van der Waals surface area contributed by atoms with E-state index >= 15 is 0 Å². The Kier molecular flexibility index (Phi) is 7.00. The van der Waals surface area contributed by atoms with Crippen molar-refractivity contribution in [2.24, 2.45) is 5.92 Å². The lowest BCUT2D eigenvalue weighted by Crippen LogP contribution is -2.41. The molecule has 0 spiro atoms. The predicted octanol–water partition coefficient (Wildman–Crippen LogP) is 2.24. The van der Waals surface area contributed by atoms with Crippen LogP contribution in [0.25, 0.3) is 0 Å². The summed E-state index contributed by atoms with van der Waals surface area (Å²) in [6.45, 7) is 2.13. The zero-order valence-electron chi connectivity index (χ0n) is 14.3. The van der Waals surface area contributed by atoms with Crippen molar-refractivity contribution in [1.82, 2.24) is 10.6 Å². The van der Waals surface area contributed by atoms with E-state index in [-0.39, 0.29) is 12.5 Å². The van der Waals surface area contributed by atoms with Gasteiger partial charge in [-0.25, -0.2) is 4.79 Å². The molecule has 1 aliphatic carbocycles. The van der Waals surface area contributed by atoms with E-state index in [1.807, 2.05) is 6.07 Å². The quantitative estimate of drug-likeness (QED) is 0.570. The van der Waals surface area contributed by atoms with Crippen LogP contribution in [0.5, 0.6) is 0 Å². The summed E-state index contributed by atoms with van der Waals surface area (Å²) in [5, 5.41) is 10.5. The first-order valence-corrected chi connectivity index (χ1v) is 8.45. The van der Waals surface area contributed by atoms with Crippen molar-refractivity contribution in [3.05, 3.63) is 36.4 Å². The van der Waals surface area contributed by atoms with Gasteiger partial charge in [-0.2, -0.15) is 0 Å². The van der Waals surface area contributed by atoms with Gasteiger partial charge in [0.25, 0.3) is 0 Å². The highest BCUT2D eigenvalue weighted by Crippen LogP contribution is 2.24. The van der Waals surface area contributed by atoms with Crippen molar-refractivity contribution >= 4 is 29.2 Å². The Bertz CT molecular complexity index is 657. The molecular weight excluding hydrogens is 320 g/mol. The van der Waals surface area contributed by atoms with Crippen LogP contribution in [0.4, 0.5) is 16.2 Å². The topological polar surface area (TPSA) is 99.3 Å². The normalized spacial score (nSPS) is 15.5. The molecule has 2 rings (SSSR count). The SMILES string of the molecule is CCNC(=O)NC(=O)CNc1ccccc1NC(=O)C[C@@H]1C=CCC1. The highest BCUT2D eigenvalue weighted by molar-refractivity contribution is 5.98. The van der Waals surface area contributed by atoms with Crippen LogP contribution in [0, 0.1) is 5.92 Å². The van der Waals surface area contributed by atoms with E-state index in [9.17, 15) is 14.4 Å². The Labute approximate surface area is 147 Å². The standard InChI is InChI=1S/C18H24N4O3/c1-2-19-18(25)22-17(24)12-20-14-9-5-6-10-15(14)21-16(23)11-13-7-3-4-8-13/h3,5-7,9-10,13,20H,2,4,8,11-12H2,1H3,(H,21,23)(H2,19,22,24,25)/t13-/m1/s1. The molecule has 0 bridgehead atoms. The van der Waals surface area contributed by atoms with Gasteiger partial charge < -0.3 is 16.0 Å². The monoisotopic (exact) mass is 344 g/mol. The molecule has 0 saturated carbocycles. The van der Waals surface area contributed by atoms with Gasteiger partial charge in [-0.1, -0.05) is 24.3 Å². The second-order valence-electron chi connectivity index (χ2n) is 5.82. The highest BCUT2D eigenvalue weighted by atomic mass is 16.2. The van der Waals surface area contributed by atoms with Crippen molar-refractivity contribution in [3.8, 4) is 0 Å². The number of amides is 4. The van der Waals surface area contributed by atoms with Crippen LogP contribution in [0.15, 0.2) is 36.4 Å². The molecule has 25 heavy (non-hydrogen) atoms. The van der Waals surface area contributed by atoms with Gasteiger partial charge in [0.05, 0.1) is 17.9 Å². The first-order chi connectivity index (χ1) is 12.1. The molecule has 7 heteroatoms. The first-order valence-electron chi connectivity index (χ1n) is 8.45. The minimum atomic E-state index is -0.527. The summed E-state index contributed by atoms with van der Waals surface area (Å²) in [7, 11) is 0. The van der Waals surface area contributed by atoms with Crippen LogP contribution in [0.1, 0.15) is 26.2 Å². The van der Waals surface area contributed by atoms with E-state index in [4.69, 9.17) is 0 Å². The van der Waals surface area contributed by atoms with E-state index in [0.717, 1.165) is 12.8 Å². The molecule has 0 aliphatic heterocycles. The zero-order chi connectivity index (χ0) is 18.1. The highest BCUT2D eigenvalue weighted by Gasteiger charge is 2.15. The van der Waals surface area contributed by atoms with Crippen molar-refractivity contribution < 1.29 is 14.4 Å². The van der Waals surface area contributed by atoms with Gasteiger partial charge in [-0.3, -0.25) is 14.9 Å². The number of hydrogen-bond donors (Lipinski definition) is 4. The number of carbonyl (C=O) groups is 3. The molecule has 0 unspecified atom stereocenters. The molecule has 7 nitrogen and oxygen atoms in total. The fraction of sp³-hybridized carbons (Fsp3) is 0.389. The fourth-order valence-electron chi connectivity index (χ4n) is 2.60. The molecule has 0 fully saturated rings. The number of nitrogens with one attached hydrogen (secondary N) is 4. The smallest absolute Gasteiger partial charge is 0.321 e. The van der Waals surface area contributed by atoms with E-state index in [1.54, 1.807) is 25.1 Å². The molecule has 134 valence electrons. The maximum Gasteiger partial charge on any atom is 0.321 e. The van der Waals surface area contributed by atoms with Gasteiger partial charge in [-0.05, 0) is 37.8 Å². The number of para-hydroxylation sites is 2. The Morgan fingerprint density at radius 1 is 1.12 bits per heavy atom. The molecule has 1 atom stereocenters. The van der Waals surface area contributed by atoms with Gasteiger partial charge in [0.2, 0.25) is 11.8 Å². The van der Waals surface area contributed by atoms with E-state index in [0.29, 0.717) is 30.3 Å². The third kappa shape index (κ3) is 6.29. The van der Waals surface area contributed by atoms with E-state index < -0.39 is 11.9 Å². The van der Waals surface area contributed by atoms with Crippen LogP contribution in [-0.4, -0.2) is 30.9 Å². The molecular formula is C18H24N4O3. The molecule has 0 aromatic heterocycles. The summed E-state index contributed by atoms with van der Waals surface area (Å²) >= 11 is 0. The molecule has 1 aliphatic rings. The summed E-state index contributed by atoms with van der Waals surface area (Å²) < 4.78 is 0. The summed E-state index contributed by atoms with van der Waals surface area (Å²) in [6.07, 6.45) is 6.66. The van der Waals surface area contributed by atoms with Gasteiger partial charge in [0.15, 0.2) is 0 Å². The van der Waals surface area contributed by atoms with Crippen LogP contribution in [0.3, 0.4) is 0 Å². The molecule has 1 aromatic rings. The third-order valence-electron chi connectivity index (χ3n) is 3.79. The number of hydrogen-bond acceptors (Lipinski definition) is 4. The number of urea groups is 1. The predicted molar refractivity (Wildman–Crippen MR) is 97.3 cm³/mol. The Morgan fingerprint density at radius 2 is 1.88 bits per heavy atom. The van der Waals surface area contributed by atoms with Gasteiger partial charge in [0, 0.05) is 13.0 Å². The minimum absolute atomic E-state index is 0.0578. The third-order valence-corrected chi connectivity index (χ3v) is 3.79. The number of benzene rings is 1. The van der Waals surface area contributed by atoms with E-state index in [1.165, 1.54) is 0 Å². The first kappa shape index (κ1) is 18.5. The van der Waals surface area contributed by atoms with Crippen molar-refractivity contribution in [1.29, 1.82) is 0 Å². The number of carbonyl (C=O) groups excluding carboxylic acids is 3. The maximum atomic E-state index is 12.2. The molecule has 0 heterocycles. The van der Waals surface area contributed by atoms with Gasteiger partial charge in [-0.15, -0.1) is 0 Å².